The lowest BCUT2D eigenvalue weighted by Gasteiger charge is -2.07. The van der Waals surface area contributed by atoms with E-state index >= 15 is 0 Å². The van der Waals surface area contributed by atoms with Crippen molar-refractivity contribution in [2.45, 2.75) is 6.92 Å². The molecule has 15 heavy (non-hydrogen) atoms. The molecule has 6 heteroatoms. The minimum absolute atomic E-state index is 0.0172. The number of carbonyl (C=O) groups is 1. The van der Waals surface area contributed by atoms with Gasteiger partial charge in [-0.05, 0) is 6.92 Å². The van der Waals surface area contributed by atoms with Gasteiger partial charge in [-0.3, -0.25) is 0 Å². The number of rotatable bonds is 2. The third-order valence-electron chi connectivity index (χ3n) is 1.69. The number of nitrogen functional groups attached to an aromatic ring is 1. The molecule has 0 bridgehead atoms. The Bertz CT molecular complexity index is 407. The molecule has 0 fully saturated rings. The van der Waals surface area contributed by atoms with Gasteiger partial charge in [0.15, 0.2) is 11.6 Å². The van der Waals surface area contributed by atoms with Gasteiger partial charge in [0.1, 0.15) is 11.4 Å². The second-order valence-corrected chi connectivity index (χ2v) is 2.66. The lowest BCUT2D eigenvalue weighted by molar-refractivity contribution is 0.0521. The van der Waals surface area contributed by atoms with Gasteiger partial charge in [0.2, 0.25) is 0 Å². The maximum atomic E-state index is 13.1. The van der Waals surface area contributed by atoms with Gasteiger partial charge in [0.05, 0.1) is 12.3 Å². The Morgan fingerprint density at radius 3 is 2.53 bits per heavy atom. The van der Waals surface area contributed by atoms with Crippen molar-refractivity contribution < 1.29 is 22.7 Å². The maximum absolute atomic E-state index is 13.1. The molecule has 0 aromatic heterocycles. The van der Waals surface area contributed by atoms with Crippen LogP contribution in [0.15, 0.2) is 6.07 Å². The third kappa shape index (κ3) is 2.03. The van der Waals surface area contributed by atoms with Crippen LogP contribution < -0.4 is 5.73 Å². The van der Waals surface area contributed by atoms with Crippen LogP contribution >= 0.6 is 0 Å². The molecule has 0 heterocycles. The molecular formula is C9H8F3NO2. The molecule has 1 aromatic carbocycles. The second kappa shape index (κ2) is 4.20. The van der Waals surface area contributed by atoms with Gasteiger partial charge in [-0.25, -0.2) is 18.0 Å². The average Bonchev–Trinajstić information content (AvgIpc) is 2.15. The van der Waals surface area contributed by atoms with Crippen LogP contribution in [0.25, 0.3) is 0 Å². The minimum Gasteiger partial charge on any atom is -0.462 e. The lowest BCUT2D eigenvalue weighted by atomic mass is 10.1. The van der Waals surface area contributed by atoms with Crippen LogP contribution in [0, 0.1) is 17.5 Å². The van der Waals surface area contributed by atoms with E-state index in [1.807, 2.05) is 0 Å². The molecule has 0 radical (unpaired) electrons. The van der Waals surface area contributed by atoms with Gasteiger partial charge in [0, 0.05) is 6.07 Å². The molecule has 0 aliphatic rings. The Kier molecular flexibility index (Phi) is 3.18. The zero-order valence-corrected chi connectivity index (χ0v) is 7.81. The van der Waals surface area contributed by atoms with E-state index in [9.17, 15) is 18.0 Å². The monoisotopic (exact) mass is 219 g/mol. The Labute approximate surface area is 83.6 Å². The van der Waals surface area contributed by atoms with Gasteiger partial charge in [-0.2, -0.15) is 0 Å². The van der Waals surface area contributed by atoms with Crippen molar-refractivity contribution in [3.63, 3.8) is 0 Å². The molecule has 0 spiro atoms. The number of benzene rings is 1. The predicted octanol–water partition coefficient (Wildman–Crippen LogP) is 1.86. The van der Waals surface area contributed by atoms with Crippen molar-refractivity contribution >= 4 is 11.7 Å². The standard InChI is InChI=1S/C9H8F3NO2/c1-2-15-9(14)6-4(10)3-5(11)7(12)8(6)13/h3H,2,13H2,1H3. The summed E-state index contributed by atoms with van der Waals surface area (Å²) in [5.41, 5.74) is 3.39. The summed E-state index contributed by atoms with van der Waals surface area (Å²) in [4.78, 5) is 11.1. The van der Waals surface area contributed by atoms with Crippen molar-refractivity contribution in [1.82, 2.24) is 0 Å². The van der Waals surface area contributed by atoms with Crippen molar-refractivity contribution in [2.24, 2.45) is 0 Å². The highest BCUT2D eigenvalue weighted by Gasteiger charge is 2.22. The quantitative estimate of drug-likeness (QED) is 0.469. The molecule has 0 aliphatic heterocycles. The Hall–Kier alpha value is -1.72. The van der Waals surface area contributed by atoms with Crippen molar-refractivity contribution in [3.8, 4) is 0 Å². The predicted molar refractivity (Wildman–Crippen MR) is 46.7 cm³/mol. The summed E-state index contributed by atoms with van der Waals surface area (Å²) >= 11 is 0. The molecule has 0 saturated carbocycles. The Morgan fingerprint density at radius 2 is 2.00 bits per heavy atom. The average molecular weight is 219 g/mol. The number of esters is 1. The summed E-state index contributed by atoms with van der Waals surface area (Å²) in [6, 6.07) is 0.248. The number of hydrogen-bond acceptors (Lipinski definition) is 3. The fourth-order valence-electron chi connectivity index (χ4n) is 1.02. The zero-order chi connectivity index (χ0) is 11.6. The van der Waals surface area contributed by atoms with Crippen molar-refractivity contribution in [3.05, 3.63) is 29.1 Å². The molecular weight excluding hydrogens is 211 g/mol. The number of carbonyl (C=O) groups excluding carboxylic acids is 1. The normalized spacial score (nSPS) is 10.1. The molecule has 1 rings (SSSR count). The first-order valence-electron chi connectivity index (χ1n) is 4.09. The smallest absolute Gasteiger partial charge is 0.343 e. The Balaban J connectivity index is 3.29. The largest absolute Gasteiger partial charge is 0.462 e. The van der Waals surface area contributed by atoms with Gasteiger partial charge in [0.25, 0.3) is 0 Å². The number of ether oxygens (including phenoxy) is 1. The zero-order valence-electron chi connectivity index (χ0n) is 7.81. The summed E-state index contributed by atoms with van der Waals surface area (Å²) in [5.74, 6) is -5.27. The summed E-state index contributed by atoms with van der Waals surface area (Å²) < 4.78 is 43.0. The van der Waals surface area contributed by atoms with Gasteiger partial charge >= 0.3 is 5.97 Å². The molecule has 3 nitrogen and oxygen atoms in total. The van der Waals surface area contributed by atoms with E-state index in [-0.39, 0.29) is 12.7 Å². The van der Waals surface area contributed by atoms with E-state index in [0.29, 0.717) is 0 Å². The van der Waals surface area contributed by atoms with E-state index in [4.69, 9.17) is 5.73 Å². The maximum Gasteiger partial charge on any atom is 0.343 e. The molecule has 0 atom stereocenters. The molecule has 0 aliphatic carbocycles. The summed E-state index contributed by atoms with van der Waals surface area (Å²) in [7, 11) is 0. The van der Waals surface area contributed by atoms with Crippen LogP contribution in [0.4, 0.5) is 18.9 Å². The molecule has 0 amide bonds. The molecule has 0 unspecified atom stereocenters. The third-order valence-corrected chi connectivity index (χ3v) is 1.69. The number of anilines is 1. The van der Waals surface area contributed by atoms with Gasteiger partial charge < -0.3 is 10.5 Å². The minimum atomic E-state index is -1.46. The molecule has 2 N–H and O–H groups in total. The van der Waals surface area contributed by atoms with E-state index in [1.54, 1.807) is 0 Å². The highest BCUT2D eigenvalue weighted by Crippen LogP contribution is 2.23. The van der Waals surface area contributed by atoms with E-state index in [2.05, 4.69) is 4.74 Å². The molecule has 82 valence electrons. The Morgan fingerprint density at radius 1 is 1.40 bits per heavy atom. The summed E-state index contributed by atoms with van der Waals surface area (Å²) in [5, 5.41) is 0. The number of halogens is 3. The van der Waals surface area contributed by atoms with Crippen LogP contribution in [0.5, 0.6) is 0 Å². The topological polar surface area (TPSA) is 52.3 Å². The van der Waals surface area contributed by atoms with Crippen LogP contribution in [0.2, 0.25) is 0 Å². The van der Waals surface area contributed by atoms with Crippen molar-refractivity contribution in [1.29, 1.82) is 0 Å². The number of hydrogen-bond donors (Lipinski definition) is 1. The van der Waals surface area contributed by atoms with Gasteiger partial charge in [-0.15, -0.1) is 0 Å². The lowest BCUT2D eigenvalue weighted by Crippen LogP contribution is -2.13. The highest BCUT2D eigenvalue weighted by molar-refractivity contribution is 5.95. The van der Waals surface area contributed by atoms with Crippen LogP contribution in [-0.2, 0) is 4.74 Å². The fourth-order valence-corrected chi connectivity index (χ4v) is 1.02. The molecule has 0 saturated heterocycles. The van der Waals surface area contributed by atoms with E-state index < -0.39 is 34.7 Å². The summed E-state index contributed by atoms with van der Waals surface area (Å²) in [6.45, 7) is 1.47. The number of nitrogens with two attached hydrogens (primary N) is 1. The molecule has 1 aromatic rings. The van der Waals surface area contributed by atoms with E-state index in [0.717, 1.165) is 0 Å². The van der Waals surface area contributed by atoms with Crippen LogP contribution in [0.1, 0.15) is 17.3 Å². The summed E-state index contributed by atoms with van der Waals surface area (Å²) in [6.07, 6.45) is 0. The SMILES string of the molecule is CCOC(=O)c1c(F)cc(F)c(F)c1N. The fraction of sp³-hybridized carbons (Fsp3) is 0.222. The van der Waals surface area contributed by atoms with Gasteiger partial charge in [-0.1, -0.05) is 0 Å². The van der Waals surface area contributed by atoms with Crippen LogP contribution in [0.3, 0.4) is 0 Å². The second-order valence-electron chi connectivity index (χ2n) is 2.66. The first-order chi connectivity index (χ1) is 6.99. The van der Waals surface area contributed by atoms with Crippen LogP contribution in [-0.4, -0.2) is 12.6 Å². The first kappa shape index (κ1) is 11.4. The van der Waals surface area contributed by atoms with E-state index in [1.165, 1.54) is 6.92 Å². The first-order valence-corrected chi connectivity index (χ1v) is 4.09. The van der Waals surface area contributed by atoms with Crippen molar-refractivity contribution in [2.75, 3.05) is 12.3 Å². The highest BCUT2D eigenvalue weighted by atomic mass is 19.2.